The number of nitrogens with one attached hydrogen (secondary N) is 1. The molecule has 0 unspecified atom stereocenters. The molecule has 1 aliphatic rings. The SMILES string of the molecule is Cc1ccc2c(N)c(C(=O)NCCc3ccc(N4CCn5cncc5C4)cc3)sc2n1. The van der Waals surface area contributed by atoms with E-state index in [1.807, 2.05) is 31.6 Å². The maximum Gasteiger partial charge on any atom is 0.263 e. The van der Waals surface area contributed by atoms with Crippen molar-refractivity contribution in [2.24, 2.45) is 0 Å². The molecule has 0 saturated heterocycles. The van der Waals surface area contributed by atoms with Crippen molar-refractivity contribution in [1.82, 2.24) is 19.9 Å². The molecule has 1 aromatic carbocycles. The highest BCUT2D eigenvalue weighted by atomic mass is 32.1. The highest BCUT2D eigenvalue weighted by Gasteiger charge is 2.18. The first kappa shape index (κ1) is 19.6. The van der Waals surface area contributed by atoms with Crippen LogP contribution in [0.5, 0.6) is 0 Å². The minimum absolute atomic E-state index is 0.139. The Hall–Kier alpha value is -3.39. The fourth-order valence-electron chi connectivity index (χ4n) is 3.94. The number of pyridine rings is 1. The molecule has 0 fully saturated rings. The lowest BCUT2D eigenvalue weighted by molar-refractivity contribution is 0.0959. The Morgan fingerprint density at radius 1 is 1.19 bits per heavy atom. The zero-order valence-corrected chi connectivity index (χ0v) is 18.2. The zero-order valence-electron chi connectivity index (χ0n) is 17.3. The first-order chi connectivity index (χ1) is 15.1. The van der Waals surface area contributed by atoms with Gasteiger partial charge in [0.25, 0.3) is 5.91 Å². The number of nitrogens with two attached hydrogens (primary N) is 1. The van der Waals surface area contributed by atoms with E-state index in [-0.39, 0.29) is 5.91 Å². The van der Waals surface area contributed by atoms with E-state index in [0.717, 1.165) is 42.0 Å². The van der Waals surface area contributed by atoms with Crippen molar-refractivity contribution in [2.75, 3.05) is 23.7 Å². The third-order valence-corrected chi connectivity index (χ3v) is 6.82. The molecule has 0 spiro atoms. The number of nitrogens with zero attached hydrogens (tertiary/aromatic N) is 4. The normalized spacial score (nSPS) is 13.4. The lowest BCUT2D eigenvalue weighted by atomic mass is 10.1. The number of aromatic nitrogens is 3. The number of thiophene rings is 1. The Kier molecular flexibility index (Phi) is 5.07. The number of nitrogen functional groups attached to an aromatic ring is 1. The topological polar surface area (TPSA) is 89.1 Å². The van der Waals surface area contributed by atoms with E-state index in [9.17, 15) is 4.79 Å². The first-order valence-corrected chi connectivity index (χ1v) is 11.2. The van der Waals surface area contributed by atoms with Gasteiger partial charge in [-0.3, -0.25) is 4.79 Å². The number of imidazole rings is 1. The van der Waals surface area contributed by atoms with Crippen LogP contribution in [-0.2, 0) is 19.5 Å². The van der Waals surface area contributed by atoms with Gasteiger partial charge in [0.05, 0.1) is 24.3 Å². The molecule has 3 N–H and O–H groups in total. The molecule has 7 nitrogen and oxygen atoms in total. The van der Waals surface area contributed by atoms with Crippen LogP contribution in [0.1, 0.15) is 26.6 Å². The molecule has 8 heteroatoms. The van der Waals surface area contributed by atoms with Crippen molar-refractivity contribution in [3.05, 3.63) is 70.8 Å². The van der Waals surface area contributed by atoms with Gasteiger partial charge in [0.2, 0.25) is 0 Å². The van der Waals surface area contributed by atoms with Crippen molar-refractivity contribution in [2.45, 2.75) is 26.4 Å². The van der Waals surface area contributed by atoms with Gasteiger partial charge in [0.1, 0.15) is 9.71 Å². The van der Waals surface area contributed by atoms with Crippen LogP contribution in [0.2, 0.25) is 0 Å². The fourth-order valence-corrected chi connectivity index (χ4v) is 4.99. The maximum absolute atomic E-state index is 12.6. The molecular formula is C23H24N6OS. The molecule has 0 radical (unpaired) electrons. The fraction of sp³-hybridized carbons (Fsp3) is 0.261. The Morgan fingerprint density at radius 3 is 2.87 bits per heavy atom. The number of hydrogen-bond donors (Lipinski definition) is 2. The molecule has 0 bridgehead atoms. The predicted molar refractivity (Wildman–Crippen MR) is 125 cm³/mol. The van der Waals surface area contributed by atoms with Crippen LogP contribution in [0.25, 0.3) is 10.2 Å². The second-order valence-electron chi connectivity index (χ2n) is 7.82. The van der Waals surface area contributed by atoms with E-state index in [1.54, 1.807) is 0 Å². The summed E-state index contributed by atoms with van der Waals surface area (Å²) in [5, 5.41) is 3.84. The van der Waals surface area contributed by atoms with Crippen LogP contribution in [0.15, 0.2) is 48.9 Å². The molecule has 0 saturated carbocycles. The Bertz CT molecular complexity index is 1240. The number of fused-ring (bicyclic) bond motifs is 2. The van der Waals surface area contributed by atoms with Crippen molar-refractivity contribution in [1.29, 1.82) is 0 Å². The van der Waals surface area contributed by atoms with Gasteiger partial charge in [0, 0.05) is 42.6 Å². The van der Waals surface area contributed by atoms with Crippen molar-refractivity contribution >= 4 is 38.8 Å². The summed E-state index contributed by atoms with van der Waals surface area (Å²) in [6.07, 6.45) is 4.60. The van der Waals surface area contributed by atoms with Crippen molar-refractivity contribution < 1.29 is 4.79 Å². The van der Waals surface area contributed by atoms with Gasteiger partial charge in [-0.2, -0.15) is 0 Å². The standard InChI is InChI=1S/C23H24N6OS/c1-15-2-7-19-20(24)21(31-23(19)27-15)22(30)26-9-8-16-3-5-17(6-4-16)28-10-11-29-14-25-12-18(29)13-28/h2-7,12,14H,8-11,13,24H2,1H3,(H,26,30). The average Bonchev–Trinajstić information content (AvgIpc) is 3.37. The lowest BCUT2D eigenvalue weighted by Gasteiger charge is -2.30. The van der Waals surface area contributed by atoms with Gasteiger partial charge in [-0.25, -0.2) is 9.97 Å². The molecule has 31 heavy (non-hydrogen) atoms. The number of amides is 1. The number of carbonyl (C=O) groups is 1. The maximum atomic E-state index is 12.6. The molecule has 0 atom stereocenters. The van der Waals surface area contributed by atoms with E-state index in [0.29, 0.717) is 17.1 Å². The molecule has 1 amide bonds. The smallest absolute Gasteiger partial charge is 0.263 e. The van der Waals surface area contributed by atoms with E-state index >= 15 is 0 Å². The summed E-state index contributed by atoms with van der Waals surface area (Å²) in [5.74, 6) is -0.139. The summed E-state index contributed by atoms with van der Waals surface area (Å²) >= 11 is 1.35. The summed E-state index contributed by atoms with van der Waals surface area (Å²) in [7, 11) is 0. The number of anilines is 2. The van der Waals surface area contributed by atoms with E-state index < -0.39 is 0 Å². The highest BCUT2D eigenvalue weighted by molar-refractivity contribution is 7.21. The molecule has 0 aliphatic carbocycles. The average molecular weight is 433 g/mol. The molecular weight excluding hydrogens is 408 g/mol. The monoisotopic (exact) mass is 432 g/mol. The molecule has 5 rings (SSSR count). The number of hydrogen-bond acceptors (Lipinski definition) is 6. The zero-order chi connectivity index (χ0) is 21.4. The van der Waals surface area contributed by atoms with Crippen LogP contribution in [0.4, 0.5) is 11.4 Å². The Morgan fingerprint density at radius 2 is 2.03 bits per heavy atom. The third kappa shape index (κ3) is 3.86. The number of aryl methyl sites for hydroxylation is 1. The molecule has 1 aliphatic heterocycles. The van der Waals surface area contributed by atoms with Crippen molar-refractivity contribution in [3.8, 4) is 0 Å². The van der Waals surface area contributed by atoms with E-state index in [1.165, 1.54) is 28.3 Å². The van der Waals surface area contributed by atoms with Gasteiger partial charge in [0.15, 0.2) is 0 Å². The van der Waals surface area contributed by atoms with E-state index in [4.69, 9.17) is 5.73 Å². The van der Waals surface area contributed by atoms with Gasteiger partial charge in [-0.05, 0) is 43.2 Å². The van der Waals surface area contributed by atoms with Crippen LogP contribution < -0.4 is 16.0 Å². The summed E-state index contributed by atoms with van der Waals surface area (Å²) in [5.41, 5.74) is 11.2. The number of benzene rings is 1. The van der Waals surface area contributed by atoms with Crippen LogP contribution in [-0.4, -0.2) is 33.5 Å². The first-order valence-electron chi connectivity index (χ1n) is 10.4. The summed E-state index contributed by atoms with van der Waals surface area (Å²) in [4.78, 5) is 25.0. The number of rotatable bonds is 5. The van der Waals surface area contributed by atoms with Crippen molar-refractivity contribution in [3.63, 3.8) is 0 Å². The second-order valence-corrected chi connectivity index (χ2v) is 8.82. The Balaban J connectivity index is 1.18. The molecule has 4 aromatic rings. The van der Waals surface area contributed by atoms with Gasteiger partial charge in [-0.1, -0.05) is 12.1 Å². The minimum atomic E-state index is -0.139. The molecule has 158 valence electrons. The second kappa shape index (κ2) is 8.03. The number of carbonyl (C=O) groups excluding carboxylic acids is 1. The summed E-state index contributed by atoms with van der Waals surface area (Å²) < 4.78 is 2.20. The van der Waals surface area contributed by atoms with E-state index in [2.05, 4.69) is 49.0 Å². The quantitative estimate of drug-likeness (QED) is 0.505. The summed E-state index contributed by atoms with van der Waals surface area (Å²) in [6.45, 7) is 5.30. The van der Waals surface area contributed by atoms with Crippen LogP contribution >= 0.6 is 11.3 Å². The van der Waals surface area contributed by atoms with Gasteiger partial charge >= 0.3 is 0 Å². The van der Waals surface area contributed by atoms with Gasteiger partial charge in [-0.15, -0.1) is 11.3 Å². The highest BCUT2D eigenvalue weighted by Crippen LogP contribution is 2.32. The molecule has 3 aromatic heterocycles. The predicted octanol–water partition coefficient (Wildman–Crippen LogP) is 3.38. The lowest BCUT2D eigenvalue weighted by Crippen LogP contribution is -2.33. The third-order valence-electron chi connectivity index (χ3n) is 5.70. The molecule has 4 heterocycles. The largest absolute Gasteiger partial charge is 0.397 e. The van der Waals surface area contributed by atoms with Gasteiger partial charge < -0.3 is 20.5 Å². The summed E-state index contributed by atoms with van der Waals surface area (Å²) in [6, 6.07) is 12.4. The minimum Gasteiger partial charge on any atom is -0.397 e. The van der Waals surface area contributed by atoms with Crippen LogP contribution in [0, 0.1) is 6.92 Å². The van der Waals surface area contributed by atoms with Crippen LogP contribution in [0.3, 0.4) is 0 Å². The Labute approximate surface area is 184 Å².